The molecule has 2 aromatic heterocycles. The predicted octanol–water partition coefficient (Wildman–Crippen LogP) is 0.609. The maximum atomic E-state index is 11.3. The van der Waals surface area contributed by atoms with Gasteiger partial charge in [-0.2, -0.15) is 5.10 Å². The second-order valence-corrected chi connectivity index (χ2v) is 3.66. The van der Waals surface area contributed by atoms with Crippen molar-refractivity contribution in [3.8, 4) is 0 Å². The molecule has 0 bridgehead atoms. The van der Waals surface area contributed by atoms with E-state index >= 15 is 0 Å². The van der Waals surface area contributed by atoms with Crippen molar-refractivity contribution in [1.29, 1.82) is 0 Å². The molecule has 7 nitrogen and oxygen atoms in total. The van der Waals surface area contributed by atoms with Crippen molar-refractivity contribution in [2.24, 2.45) is 7.05 Å². The summed E-state index contributed by atoms with van der Waals surface area (Å²) >= 11 is 0. The quantitative estimate of drug-likeness (QED) is 0.797. The number of aromatic nitrogens is 4. The Labute approximate surface area is 104 Å². The molecule has 0 aromatic carbocycles. The van der Waals surface area contributed by atoms with Crippen LogP contribution in [-0.2, 0) is 18.3 Å². The lowest BCUT2D eigenvalue weighted by Gasteiger charge is -2.04. The molecule has 0 spiro atoms. The molecule has 2 heterocycles. The van der Waals surface area contributed by atoms with Crippen LogP contribution in [0.2, 0.25) is 0 Å². The minimum Gasteiger partial charge on any atom is -0.464 e. The summed E-state index contributed by atoms with van der Waals surface area (Å²) in [6.07, 6.45) is 6.55. The van der Waals surface area contributed by atoms with Gasteiger partial charge in [-0.15, -0.1) is 0 Å². The Hall–Kier alpha value is -2.44. The van der Waals surface area contributed by atoms with Crippen molar-refractivity contribution in [2.45, 2.75) is 6.54 Å². The van der Waals surface area contributed by atoms with E-state index in [2.05, 4.69) is 25.1 Å². The molecule has 0 aliphatic rings. The van der Waals surface area contributed by atoms with E-state index in [1.807, 2.05) is 13.2 Å². The van der Waals surface area contributed by atoms with Gasteiger partial charge >= 0.3 is 5.97 Å². The van der Waals surface area contributed by atoms with Gasteiger partial charge in [0, 0.05) is 25.4 Å². The SMILES string of the molecule is COC(=O)c1cncc(NCc2cnn(C)c2)n1. The van der Waals surface area contributed by atoms with E-state index in [0.717, 1.165) is 5.56 Å². The summed E-state index contributed by atoms with van der Waals surface area (Å²) in [6, 6.07) is 0. The molecule has 1 N–H and O–H groups in total. The van der Waals surface area contributed by atoms with Crippen molar-refractivity contribution in [1.82, 2.24) is 19.7 Å². The number of methoxy groups -OCH3 is 1. The van der Waals surface area contributed by atoms with Gasteiger partial charge in [-0.05, 0) is 0 Å². The molecule has 2 aromatic rings. The van der Waals surface area contributed by atoms with Gasteiger partial charge in [-0.1, -0.05) is 0 Å². The van der Waals surface area contributed by atoms with Gasteiger partial charge in [0.05, 0.1) is 25.7 Å². The van der Waals surface area contributed by atoms with Crippen LogP contribution in [0.4, 0.5) is 5.82 Å². The zero-order valence-corrected chi connectivity index (χ0v) is 10.1. The monoisotopic (exact) mass is 247 g/mol. The molecule has 2 rings (SSSR count). The molecule has 0 aliphatic heterocycles. The van der Waals surface area contributed by atoms with Crippen LogP contribution in [0.25, 0.3) is 0 Å². The Balaban J connectivity index is 2.03. The van der Waals surface area contributed by atoms with Crippen LogP contribution in [0.5, 0.6) is 0 Å². The van der Waals surface area contributed by atoms with Gasteiger partial charge in [0.2, 0.25) is 0 Å². The zero-order chi connectivity index (χ0) is 13.0. The van der Waals surface area contributed by atoms with Crippen LogP contribution in [0.15, 0.2) is 24.8 Å². The number of nitrogens with zero attached hydrogens (tertiary/aromatic N) is 4. The topological polar surface area (TPSA) is 81.9 Å². The fourth-order valence-corrected chi connectivity index (χ4v) is 1.41. The molecule has 7 heteroatoms. The molecule has 0 amide bonds. The van der Waals surface area contributed by atoms with E-state index in [-0.39, 0.29) is 5.69 Å². The third kappa shape index (κ3) is 2.82. The highest BCUT2D eigenvalue weighted by Crippen LogP contribution is 2.06. The summed E-state index contributed by atoms with van der Waals surface area (Å²) in [5.74, 6) is 0.00859. The van der Waals surface area contributed by atoms with Crippen molar-refractivity contribution >= 4 is 11.8 Å². The number of aryl methyl sites for hydroxylation is 1. The van der Waals surface area contributed by atoms with E-state index in [9.17, 15) is 4.79 Å². The maximum absolute atomic E-state index is 11.3. The molecule has 0 aliphatic carbocycles. The van der Waals surface area contributed by atoms with E-state index in [0.29, 0.717) is 12.4 Å². The Bertz CT molecular complexity index is 552. The van der Waals surface area contributed by atoms with Crippen LogP contribution in [-0.4, -0.2) is 32.8 Å². The average molecular weight is 247 g/mol. The summed E-state index contributed by atoms with van der Waals surface area (Å²) in [4.78, 5) is 19.3. The summed E-state index contributed by atoms with van der Waals surface area (Å²) in [5.41, 5.74) is 1.19. The maximum Gasteiger partial charge on any atom is 0.358 e. The van der Waals surface area contributed by atoms with Crippen LogP contribution in [0.1, 0.15) is 16.1 Å². The van der Waals surface area contributed by atoms with Crippen LogP contribution in [0.3, 0.4) is 0 Å². The molecule has 0 saturated carbocycles. The number of rotatable bonds is 4. The first kappa shape index (κ1) is 12.0. The average Bonchev–Trinajstić information content (AvgIpc) is 2.81. The van der Waals surface area contributed by atoms with Crippen molar-refractivity contribution in [3.05, 3.63) is 36.0 Å². The minimum absolute atomic E-state index is 0.175. The number of anilines is 1. The number of ether oxygens (including phenoxy) is 1. The van der Waals surface area contributed by atoms with Gasteiger partial charge < -0.3 is 10.1 Å². The van der Waals surface area contributed by atoms with E-state index in [4.69, 9.17) is 0 Å². The fraction of sp³-hybridized carbons (Fsp3) is 0.273. The highest BCUT2D eigenvalue weighted by atomic mass is 16.5. The van der Waals surface area contributed by atoms with Crippen molar-refractivity contribution < 1.29 is 9.53 Å². The molecular weight excluding hydrogens is 234 g/mol. The summed E-state index contributed by atoms with van der Waals surface area (Å²) in [5, 5.41) is 7.11. The lowest BCUT2D eigenvalue weighted by atomic mass is 10.3. The first-order chi connectivity index (χ1) is 8.69. The van der Waals surface area contributed by atoms with Crippen molar-refractivity contribution in [3.63, 3.8) is 0 Å². The zero-order valence-electron chi connectivity index (χ0n) is 10.1. The van der Waals surface area contributed by atoms with Gasteiger partial charge in [-0.25, -0.2) is 9.78 Å². The molecule has 0 saturated heterocycles. The second kappa shape index (κ2) is 5.26. The van der Waals surface area contributed by atoms with Gasteiger partial charge in [-0.3, -0.25) is 9.67 Å². The summed E-state index contributed by atoms with van der Waals surface area (Å²) < 4.78 is 6.29. The summed E-state index contributed by atoms with van der Waals surface area (Å²) in [6.45, 7) is 0.563. The Morgan fingerprint density at radius 3 is 2.94 bits per heavy atom. The molecule has 0 radical (unpaired) electrons. The minimum atomic E-state index is -0.507. The van der Waals surface area contributed by atoms with Crippen LogP contribution >= 0.6 is 0 Å². The molecule has 0 atom stereocenters. The highest BCUT2D eigenvalue weighted by molar-refractivity contribution is 5.87. The van der Waals surface area contributed by atoms with E-state index < -0.39 is 5.97 Å². The molecular formula is C11H13N5O2. The number of hydrogen-bond acceptors (Lipinski definition) is 6. The first-order valence-electron chi connectivity index (χ1n) is 5.31. The third-order valence-corrected chi connectivity index (χ3v) is 2.26. The smallest absolute Gasteiger partial charge is 0.358 e. The number of carbonyl (C=O) groups is 1. The number of nitrogens with one attached hydrogen (secondary N) is 1. The molecule has 0 unspecified atom stereocenters. The van der Waals surface area contributed by atoms with Gasteiger partial charge in [0.1, 0.15) is 5.82 Å². The van der Waals surface area contributed by atoms with E-state index in [1.54, 1.807) is 17.1 Å². The first-order valence-corrected chi connectivity index (χ1v) is 5.31. The van der Waals surface area contributed by atoms with E-state index in [1.165, 1.54) is 13.3 Å². The second-order valence-electron chi connectivity index (χ2n) is 3.66. The van der Waals surface area contributed by atoms with Crippen molar-refractivity contribution in [2.75, 3.05) is 12.4 Å². The standard InChI is InChI=1S/C11H13N5O2/c1-16-7-8(4-14-16)3-13-10-6-12-5-9(15-10)11(17)18-2/h4-7H,3H2,1-2H3,(H,13,15). The molecule has 0 fully saturated rings. The highest BCUT2D eigenvalue weighted by Gasteiger charge is 2.08. The fourth-order valence-electron chi connectivity index (χ4n) is 1.41. The van der Waals surface area contributed by atoms with Gasteiger partial charge in [0.15, 0.2) is 5.69 Å². The molecule has 94 valence electrons. The third-order valence-electron chi connectivity index (χ3n) is 2.26. The van der Waals surface area contributed by atoms with Crippen LogP contribution in [0, 0.1) is 0 Å². The lowest BCUT2D eigenvalue weighted by Crippen LogP contribution is -2.08. The predicted molar refractivity (Wildman–Crippen MR) is 63.9 cm³/mol. The lowest BCUT2D eigenvalue weighted by molar-refractivity contribution is 0.0593. The largest absolute Gasteiger partial charge is 0.464 e. The number of carbonyl (C=O) groups excluding carboxylic acids is 1. The summed E-state index contributed by atoms with van der Waals surface area (Å²) in [7, 11) is 3.15. The number of esters is 1. The normalized spacial score (nSPS) is 10.1. The Morgan fingerprint density at radius 1 is 1.44 bits per heavy atom. The Morgan fingerprint density at radius 2 is 2.28 bits per heavy atom. The van der Waals surface area contributed by atoms with Gasteiger partial charge in [0.25, 0.3) is 0 Å². The molecule has 18 heavy (non-hydrogen) atoms. The number of hydrogen-bond donors (Lipinski definition) is 1. The Kier molecular flexibility index (Phi) is 3.52. The van der Waals surface area contributed by atoms with Crippen LogP contribution < -0.4 is 5.32 Å².